The third-order valence-corrected chi connectivity index (χ3v) is 4.91. The van der Waals surface area contributed by atoms with Crippen molar-refractivity contribution in [3.05, 3.63) is 57.7 Å². The summed E-state index contributed by atoms with van der Waals surface area (Å²) in [4.78, 5) is 16.7. The number of carbonyl (C=O) groups is 1. The number of methoxy groups -OCH3 is 1. The highest BCUT2D eigenvalue weighted by Crippen LogP contribution is 2.39. The molecular weight excluding hydrogens is 389 g/mol. The molecule has 0 N–H and O–H groups in total. The van der Waals surface area contributed by atoms with Crippen LogP contribution in [0.3, 0.4) is 0 Å². The molecule has 0 atom stereocenters. The summed E-state index contributed by atoms with van der Waals surface area (Å²) in [6.45, 7) is 0.439. The van der Waals surface area contributed by atoms with E-state index in [9.17, 15) is 9.18 Å². The van der Waals surface area contributed by atoms with E-state index in [1.807, 2.05) is 18.2 Å². The fourth-order valence-corrected chi connectivity index (χ4v) is 3.56. The number of nitrogens with zero attached hydrogens (tertiary/aromatic N) is 3. The molecule has 25 heavy (non-hydrogen) atoms. The number of pyridine rings is 1. The topological polar surface area (TPSA) is 57.0 Å². The normalized spacial score (nSPS) is 14.0. The monoisotopic (exact) mass is 403 g/mol. The Morgan fingerprint density at radius 2 is 2.16 bits per heavy atom. The Labute approximate surface area is 151 Å². The average molecular weight is 404 g/mol. The minimum Gasteiger partial charge on any atom is -0.465 e. The Morgan fingerprint density at radius 3 is 2.88 bits per heavy atom. The van der Waals surface area contributed by atoms with Crippen LogP contribution in [0.2, 0.25) is 0 Å². The Balaban J connectivity index is 1.78. The van der Waals surface area contributed by atoms with E-state index in [1.54, 1.807) is 10.7 Å². The first-order chi connectivity index (χ1) is 12.1. The van der Waals surface area contributed by atoms with E-state index in [0.29, 0.717) is 28.0 Å². The van der Waals surface area contributed by atoms with Crippen LogP contribution in [0.4, 0.5) is 4.39 Å². The molecule has 0 unspecified atom stereocenters. The average Bonchev–Trinajstić information content (AvgIpc) is 3.41. The van der Waals surface area contributed by atoms with Crippen molar-refractivity contribution >= 4 is 32.8 Å². The molecule has 0 aliphatic heterocycles. The zero-order valence-corrected chi connectivity index (χ0v) is 15.1. The number of esters is 1. The van der Waals surface area contributed by atoms with E-state index >= 15 is 0 Å². The van der Waals surface area contributed by atoms with Crippen molar-refractivity contribution < 1.29 is 13.9 Å². The molecule has 1 saturated carbocycles. The van der Waals surface area contributed by atoms with Gasteiger partial charge in [-0.25, -0.2) is 9.18 Å². The second-order valence-corrected chi connectivity index (χ2v) is 6.84. The van der Waals surface area contributed by atoms with E-state index in [2.05, 4.69) is 21.0 Å². The van der Waals surface area contributed by atoms with Crippen molar-refractivity contribution in [2.24, 2.45) is 0 Å². The summed E-state index contributed by atoms with van der Waals surface area (Å²) >= 11 is 3.33. The summed E-state index contributed by atoms with van der Waals surface area (Å²) in [5.41, 5.74) is 2.52. The maximum absolute atomic E-state index is 14.2. The maximum atomic E-state index is 14.2. The molecule has 2 heterocycles. The van der Waals surface area contributed by atoms with Gasteiger partial charge in [0.25, 0.3) is 0 Å². The van der Waals surface area contributed by atoms with Crippen LogP contribution in [0.1, 0.15) is 40.5 Å². The van der Waals surface area contributed by atoms with Crippen molar-refractivity contribution in [1.82, 2.24) is 14.8 Å². The molecule has 0 bridgehead atoms. The smallest absolute Gasteiger partial charge is 0.341 e. The quantitative estimate of drug-likeness (QED) is 0.616. The van der Waals surface area contributed by atoms with Crippen LogP contribution >= 0.6 is 15.9 Å². The lowest BCUT2D eigenvalue weighted by molar-refractivity contribution is 0.0598. The van der Waals surface area contributed by atoms with Gasteiger partial charge < -0.3 is 4.74 Å². The van der Waals surface area contributed by atoms with Gasteiger partial charge >= 0.3 is 5.97 Å². The third kappa shape index (κ3) is 2.93. The number of halogens is 2. The van der Waals surface area contributed by atoms with Crippen molar-refractivity contribution in [3.8, 4) is 0 Å². The molecule has 2 aromatic heterocycles. The van der Waals surface area contributed by atoms with Gasteiger partial charge in [-0.15, -0.1) is 0 Å². The van der Waals surface area contributed by atoms with Crippen molar-refractivity contribution in [2.75, 3.05) is 7.11 Å². The van der Waals surface area contributed by atoms with Crippen LogP contribution in [0, 0.1) is 5.82 Å². The first-order valence-corrected chi connectivity index (χ1v) is 8.76. The molecule has 7 heteroatoms. The summed E-state index contributed by atoms with van der Waals surface area (Å²) in [5.74, 6) is -0.785. The van der Waals surface area contributed by atoms with Gasteiger partial charge in [-0.3, -0.25) is 9.67 Å². The summed E-state index contributed by atoms with van der Waals surface area (Å²) in [7, 11) is 1.23. The van der Waals surface area contributed by atoms with Crippen LogP contribution in [0.15, 0.2) is 34.9 Å². The van der Waals surface area contributed by atoms with Gasteiger partial charge in [0.1, 0.15) is 16.0 Å². The Bertz CT molecular complexity index is 982. The molecule has 1 aliphatic rings. The fourth-order valence-electron chi connectivity index (χ4n) is 2.97. The van der Waals surface area contributed by atoms with E-state index in [4.69, 9.17) is 9.72 Å². The molecule has 3 aromatic rings. The highest BCUT2D eigenvalue weighted by molar-refractivity contribution is 9.10. The fraction of sp³-hybridized carbons (Fsp3) is 0.278. The van der Waals surface area contributed by atoms with Crippen LogP contribution < -0.4 is 0 Å². The van der Waals surface area contributed by atoms with Crippen molar-refractivity contribution in [2.45, 2.75) is 25.3 Å². The second-order valence-electron chi connectivity index (χ2n) is 6.08. The zero-order chi connectivity index (χ0) is 17.6. The minimum absolute atomic E-state index is 0.113. The molecule has 1 aromatic carbocycles. The molecule has 1 fully saturated rings. The summed E-state index contributed by atoms with van der Waals surface area (Å²) in [5, 5.41) is 4.82. The first-order valence-electron chi connectivity index (χ1n) is 7.97. The van der Waals surface area contributed by atoms with Crippen LogP contribution in [0.25, 0.3) is 10.9 Å². The van der Waals surface area contributed by atoms with E-state index < -0.39 is 11.8 Å². The summed E-state index contributed by atoms with van der Waals surface area (Å²) in [6, 6.07) is 8.85. The molecule has 5 nitrogen and oxygen atoms in total. The molecule has 4 rings (SSSR count). The predicted octanol–water partition coefficient (Wildman–Crippen LogP) is 4.05. The number of fused-ring (bicyclic) bond motifs is 1. The van der Waals surface area contributed by atoms with Gasteiger partial charge in [0.05, 0.1) is 30.3 Å². The number of hydrogen-bond acceptors (Lipinski definition) is 4. The van der Waals surface area contributed by atoms with Gasteiger partial charge in [-0.05, 0) is 53.0 Å². The number of ether oxygens (including phenoxy) is 1. The predicted molar refractivity (Wildman–Crippen MR) is 94.0 cm³/mol. The number of hydrogen-bond donors (Lipinski definition) is 0. The number of aromatic nitrogens is 3. The molecule has 0 amide bonds. The highest BCUT2D eigenvalue weighted by atomic mass is 79.9. The summed E-state index contributed by atoms with van der Waals surface area (Å²) in [6.07, 6.45) is 2.38. The zero-order valence-electron chi connectivity index (χ0n) is 13.5. The second kappa shape index (κ2) is 6.22. The Hall–Kier alpha value is -2.28. The number of rotatable bonds is 4. The largest absolute Gasteiger partial charge is 0.465 e. The SMILES string of the molecule is COC(=O)c1c(F)ccc2c1c(Br)nn2Cc1cccc(C2CC2)n1. The molecule has 0 radical (unpaired) electrons. The minimum atomic E-state index is -0.725. The van der Waals surface area contributed by atoms with Crippen LogP contribution in [-0.4, -0.2) is 27.8 Å². The van der Waals surface area contributed by atoms with Gasteiger partial charge in [-0.2, -0.15) is 5.10 Å². The number of benzene rings is 1. The lowest BCUT2D eigenvalue weighted by atomic mass is 10.1. The first kappa shape index (κ1) is 16.2. The van der Waals surface area contributed by atoms with Gasteiger partial charge in [0, 0.05) is 11.6 Å². The lowest BCUT2D eigenvalue weighted by Gasteiger charge is -2.07. The molecule has 0 saturated heterocycles. The molecular formula is C18H15BrFN3O2. The van der Waals surface area contributed by atoms with Crippen molar-refractivity contribution in [3.63, 3.8) is 0 Å². The van der Waals surface area contributed by atoms with Crippen LogP contribution in [-0.2, 0) is 11.3 Å². The molecule has 1 aliphatic carbocycles. The van der Waals surface area contributed by atoms with E-state index in [1.165, 1.54) is 26.0 Å². The number of carbonyl (C=O) groups excluding carboxylic acids is 1. The standard InChI is InChI=1S/C18H15BrFN3O2/c1-25-18(24)15-12(20)7-8-14-16(15)17(19)22-23(14)9-11-3-2-4-13(21-11)10-5-6-10/h2-4,7-8,10H,5-6,9H2,1H3. The van der Waals surface area contributed by atoms with Gasteiger partial charge in [0.15, 0.2) is 0 Å². The van der Waals surface area contributed by atoms with E-state index in [0.717, 1.165) is 11.4 Å². The Kier molecular flexibility index (Phi) is 4.03. The lowest BCUT2D eigenvalue weighted by Crippen LogP contribution is -2.07. The van der Waals surface area contributed by atoms with Crippen molar-refractivity contribution in [1.29, 1.82) is 0 Å². The maximum Gasteiger partial charge on any atom is 0.341 e. The third-order valence-electron chi connectivity index (χ3n) is 4.35. The van der Waals surface area contributed by atoms with E-state index in [-0.39, 0.29) is 5.56 Å². The molecule has 128 valence electrons. The highest BCUT2D eigenvalue weighted by Gasteiger charge is 2.25. The molecule has 0 spiro atoms. The Morgan fingerprint density at radius 1 is 1.36 bits per heavy atom. The van der Waals surface area contributed by atoms with Gasteiger partial charge in [0.2, 0.25) is 0 Å². The summed E-state index contributed by atoms with van der Waals surface area (Å²) < 4.78 is 21.0. The van der Waals surface area contributed by atoms with Crippen LogP contribution in [0.5, 0.6) is 0 Å². The van der Waals surface area contributed by atoms with Gasteiger partial charge in [-0.1, -0.05) is 6.07 Å².